The van der Waals surface area contributed by atoms with E-state index in [2.05, 4.69) is 0 Å². The monoisotopic (exact) mass is 243 g/mol. The fraction of sp³-hybridized carbons (Fsp3) is 0.727. The van der Waals surface area contributed by atoms with Crippen LogP contribution >= 0.6 is 0 Å². The van der Waals surface area contributed by atoms with Crippen LogP contribution in [0.1, 0.15) is 34.1 Å². The van der Waals surface area contributed by atoms with Gasteiger partial charge in [-0.05, 0) is 27.7 Å². The Kier molecular flexibility index (Phi) is 3.18. The highest BCUT2D eigenvalue weighted by Gasteiger charge is 2.51. The predicted octanol–water partition coefficient (Wildman–Crippen LogP) is 1.04. The Bertz CT molecular complexity index is 371. The molecular weight excluding hydrogens is 226 g/mol. The first-order valence-electron chi connectivity index (χ1n) is 5.32. The zero-order chi connectivity index (χ0) is 13.4. The van der Waals surface area contributed by atoms with E-state index in [0.717, 1.165) is 4.90 Å². The zero-order valence-corrected chi connectivity index (χ0v) is 10.4. The van der Waals surface area contributed by atoms with Crippen molar-refractivity contribution in [3.05, 3.63) is 0 Å². The van der Waals surface area contributed by atoms with Crippen molar-refractivity contribution in [2.75, 3.05) is 6.54 Å². The van der Waals surface area contributed by atoms with Gasteiger partial charge in [0.1, 0.15) is 11.1 Å². The Morgan fingerprint density at radius 2 is 1.94 bits per heavy atom. The molecule has 1 N–H and O–H groups in total. The van der Waals surface area contributed by atoms with Crippen LogP contribution in [0.5, 0.6) is 0 Å². The van der Waals surface area contributed by atoms with Gasteiger partial charge in [0.15, 0.2) is 5.78 Å². The molecular formula is C11H17NO5. The third-order valence-electron chi connectivity index (χ3n) is 2.55. The summed E-state index contributed by atoms with van der Waals surface area (Å²) in [7, 11) is 0. The second-order valence-electron chi connectivity index (χ2n) is 5.36. The number of hydrogen-bond acceptors (Lipinski definition) is 4. The van der Waals surface area contributed by atoms with Crippen molar-refractivity contribution in [1.82, 2.24) is 4.90 Å². The molecule has 17 heavy (non-hydrogen) atoms. The summed E-state index contributed by atoms with van der Waals surface area (Å²) in [6.45, 7) is 6.19. The van der Waals surface area contributed by atoms with Gasteiger partial charge in [-0.15, -0.1) is 0 Å². The number of carboxylic acids is 1. The van der Waals surface area contributed by atoms with Crippen molar-refractivity contribution in [2.45, 2.75) is 45.3 Å². The molecule has 1 fully saturated rings. The van der Waals surface area contributed by atoms with E-state index in [1.54, 1.807) is 20.8 Å². The summed E-state index contributed by atoms with van der Waals surface area (Å²) in [4.78, 5) is 35.3. The molecule has 1 amide bonds. The van der Waals surface area contributed by atoms with E-state index in [1.807, 2.05) is 0 Å². The summed E-state index contributed by atoms with van der Waals surface area (Å²) >= 11 is 0. The number of carboxylic acid groups (broad SMARTS) is 1. The molecule has 0 aromatic rings. The molecule has 0 bridgehead atoms. The number of ketones is 1. The first-order chi connectivity index (χ1) is 7.56. The minimum Gasteiger partial charge on any atom is -0.479 e. The maximum absolute atomic E-state index is 11.8. The maximum Gasteiger partial charge on any atom is 0.411 e. The van der Waals surface area contributed by atoms with Crippen LogP contribution in [-0.2, 0) is 14.3 Å². The van der Waals surface area contributed by atoms with Gasteiger partial charge >= 0.3 is 12.1 Å². The van der Waals surface area contributed by atoms with Gasteiger partial charge < -0.3 is 9.84 Å². The van der Waals surface area contributed by atoms with E-state index in [-0.39, 0.29) is 18.7 Å². The van der Waals surface area contributed by atoms with Crippen LogP contribution in [0.25, 0.3) is 0 Å². The number of likely N-dealkylation sites (tertiary alicyclic amines) is 1. The van der Waals surface area contributed by atoms with Crippen molar-refractivity contribution >= 4 is 17.8 Å². The van der Waals surface area contributed by atoms with Crippen molar-refractivity contribution in [3.8, 4) is 0 Å². The number of amides is 1. The molecule has 6 heteroatoms. The van der Waals surface area contributed by atoms with Gasteiger partial charge in [-0.25, -0.2) is 9.59 Å². The third kappa shape index (κ3) is 2.75. The maximum atomic E-state index is 11.8. The van der Waals surface area contributed by atoms with Gasteiger partial charge in [0, 0.05) is 6.42 Å². The minimum absolute atomic E-state index is 0.179. The van der Waals surface area contributed by atoms with Crippen LogP contribution < -0.4 is 0 Å². The Morgan fingerprint density at radius 1 is 1.41 bits per heavy atom. The van der Waals surface area contributed by atoms with Gasteiger partial charge in [0.2, 0.25) is 0 Å². The quantitative estimate of drug-likeness (QED) is 0.743. The molecule has 1 aliphatic heterocycles. The smallest absolute Gasteiger partial charge is 0.411 e. The Morgan fingerprint density at radius 3 is 2.35 bits per heavy atom. The van der Waals surface area contributed by atoms with Crippen LogP contribution in [0.15, 0.2) is 0 Å². The third-order valence-corrected chi connectivity index (χ3v) is 2.55. The molecule has 0 radical (unpaired) electrons. The van der Waals surface area contributed by atoms with E-state index >= 15 is 0 Å². The molecule has 1 heterocycles. The highest BCUT2D eigenvalue weighted by molar-refractivity contribution is 5.98. The summed E-state index contributed by atoms with van der Waals surface area (Å²) in [5.41, 5.74) is -2.22. The lowest BCUT2D eigenvalue weighted by atomic mass is 9.99. The minimum atomic E-state index is -1.50. The van der Waals surface area contributed by atoms with Gasteiger partial charge in [-0.2, -0.15) is 0 Å². The lowest BCUT2D eigenvalue weighted by Gasteiger charge is -2.32. The van der Waals surface area contributed by atoms with Crippen molar-refractivity contribution in [1.29, 1.82) is 0 Å². The molecule has 1 rings (SSSR count). The Labute approximate surface area is 99.5 Å². The fourth-order valence-electron chi connectivity index (χ4n) is 1.66. The number of nitrogens with zero attached hydrogens (tertiary/aromatic N) is 1. The van der Waals surface area contributed by atoms with Gasteiger partial charge in [0.25, 0.3) is 0 Å². The molecule has 1 atom stereocenters. The molecule has 0 aromatic carbocycles. The van der Waals surface area contributed by atoms with Crippen LogP contribution in [0, 0.1) is 0 Å². The van der Waals surface area contributed by atoms with E-state index < -0.39 is 23.2 Å². The second kappa shape index (κ2) is 4.01. The van der Waals surface area contributed by atoms with E-state index in [1.165, 1.54) is 6.92 Å². The fourth-order valence-corrected chi connectivity index (χ4v) is 1.66. The summed E-state index contributed by atoms with van der Waals surface area (Å²) in [5.74, 6) is -1.48. The largest absolute Gasteiger partial charge is 0.479 e. The Balaban J connectivity index is 2.92. The zero-order valence-electron chi connectivity index (χ0n) is 10.4. The van der Waals surface area contributed by atoms with Gasteiger partial charge in [-0.1, -0.05) is 0 Å². The summed E-state index contributed by atoms with van der Waals surface area (Å²) < 4.78 is 5.09. The Hall–Kier alpha value is -1.59. The molecule has 6 nitrogen and oxygen atoms in total. The summed E-state index contributed by atoms with van der Waals surface area (Å²) in [5, 5.41) is 9.11. The summed E-state index contributed by atoms with van der Waals surface area (Å²) in [6.07, 6.45) is -0.949. The standard InChI is InChI=1S/C11H17NO5/c1-10(2,3)17-9(16)12-6-7(13)5-11(12,4)8(14)15/h5-6H2,1-4H3,(H,14,15). The molecule has 0 saturated carbocycles. The topological polar surface area (TPSA) is 83.9 Å². The molecule has 1 saturated heterocycles. The number of carbonyl (C=O) groups is 3. The average Bonchev–Trinajstić information content (AvgIpc) is 2.40. The first kappa shape index (κ1) is 13.5. The molecule has 1 aliphatic rings. The van der Waals surface area contributed by atoms with E-state index in [0.29, 0.717) is 0 Å². The normalized spacial score (nSPS) is 24.9. The first-order valence-corrected chi connectivity index (χ1v) is 5.32. The predicted molar refractivity (Wildman–Crippen MR) is 58.6 cm³/mol. The number of aliphatic carboxylic acids is 1. The SMILES string of the molecule is CC(C)(C)OC(=O)N1CC(=O)CC1(C)C(=O)O. The summed E-state index contributed by atoms with van der Waals surface area (Å²) in [6, 6.07) is 0. The van der Waals surface area contributed by atoms with Crippen LogP contribution in [0.2, 0.25) is 0 Å². The lowest BCUT2D eigenvalue weighted by molar-refractivity contribution is -0.148. The molecule has 0 aromatic heterocycles. The second-order valence-corrected chi connectivity index (χ2v) is 5.36. The van der Waals surface area contributed by atoms with E-state index in [4.69, 9.17) is 9.84 Å². The number of ether oxygens (including phenoxy) is 1. The van der Waals surface area contributed by atoms with Crippen LogP contribution in [0.3, 0.4) is 0 Å². The molecule has 0 spiro atoms. The van der Waals surface area contributed by atoms with Crippen molar-refractivity contribution < 1.29 is 24.2 Å². The van der Waals surface area contributed by atoms with E-state index in [9.17, 15) is 14.4 Å². The number of carbonyl (C=O) groups excluding carboxylic acids is 2. The van der Waals surface area contributed by atoms with Gasteiger partial charge in [0.05, 0.1) is 6.54 Å². The van der Waals surface area contributed by atoms with Crippen molar-refractivity contribution in [3.63, 3.8) is 0 Å². The number of rotatable bonds is 1. The molecule has 96 valence electrons. The van der Waals surface area contributed by atoms with Crippen molar-refractivity contribution in [2.24, 2.45) is 0 Å². The lowest BCUT2D eigenvalue weighted by Crippen LogP contribution is -2.52. The van der Waals surface area contributed by atoms with Gasteiger partial charge in [-0.3, -0.25) is 9.69 Å². The molecule has 0 aliphatic carbocycles. The van der Waals surface area contributed by atoms with Crippen LogP contribution in [-0.4, -0.2) is 45.5 Å². The highest BCUT2D eigenvalue weighted by atomic mass is 16.6. The van der Waals surface area contributed by atoms with Crippen LogP contribution in [0.4, 0.5) is 4.79 Å². The highest BCUT2D eigenvalue weighted by Crippen LogP contribution is 2.28. The number of Topliss-reactive ketones (excluding diaryl/α,β-unsaturated/α-hetero) is 1. The molecule has 1 unspecified atom stereocenters. The number of hydrogen-bond donors (Lipinski definition) is 1. The average molecular weight is 243 g/mol.